The van der Waals surface area contributed by atoms with Gasteiger partial charge in [-0.25, -0.2) is 4.98 Å². The summed E-state index contributed by atoms with van der Waals surface area (Å²) in [6.07, 6.45) is 2.92. The third kappa shape index (κ3) is 5.84. The third-order valence-corrected chi connectivity index (χ3v) is 5.55. The molecule has 0 radical (unpaired) electrons. The number of ether oxygens (including phenoxy) is 2. The number of benzene rings is 1. The van der Waals surface area contributed by atoms with Crippen molar-refractivity contribution in [2.75, 3.05) is 35.7 Å². The fourth-order valence-electron chi connectivity index (χ4n) is 3.37. The van der Waals surface area contributed by atoms with Crippen molar-refractivity contribution in [3.8, 4) is 5.75 Å². The van der Waals surface area contributed by atoms with Gasteiger partial charge in [0.15, 0.2) is 6.10 Å². The fraction of sp³-hybridized carbons (Fsp3) is 0.368. The van der Waals surface area contributed by atoms with E-state index in [1.54, 1.807) is 12.3 Å². The molecule has 1 saturated heterocycles. The van der Waals surface area contributed by atoms with Crippen LogP contribution < -0.4 is 20.3 Å². The number of hydrogen-bond donors (Lipinski definition) is 2. The molecule has 2 aromatic heterocycles. The van der Waals surface area contributed by atoms with Crippen LogP contribution in [0.2, 0.25) is 0 Å². The lowest BCUT2D eigenvalue weighted by molar-refractivity contribution is -0.126. The van der Waals surface area contributed by atoms with Gasteiger partial charge < -0.3 is 19.7 Å². The maximum Gasteiger partial charge on any atom is 0.387 e. The normalized spacial score (nSPS) is 16.6. The highest BCUT2D eigenvalue weighted by Crippen LogP contribution is 2.27. The molecule has 2 atom stereocenters. The Kier molecular flexibility index (Phi) is 7.14. The van der Waals surface area contributed by atoms with E-state index in [2.05, 4.69) is 40.7 Å². The van der Waals surface area contributed by atoms with Crippen molar-refractivity contribution < 1.29 is 23.0 Å². The Hall–Kier alpha value is -3.52. The molecule has 1 aliphatic heterocycles. The number of alkyl halides is 2. The Labute approximate surface area is 191 Å². The van der Waals surface area contributed by atoms with Crippen molar-refractivity contribution in [3.05, 3.63) is 42.2 Å². The summed E-state index contributed by atoms with van der Waals surface area (Å²) in [6, 6.07) is 5.88. The predicted octanol–water partition coefficient (Wildman–Crippen LogP) is 2.34. The summed E-state index contributed by atoms with van der Waals surface area (Å²) < 4.78 is 34.6. The summed E-state index contributed by atoms with van der Waals surface area (Å²) in [4.78, 5) is 18.9. The number of hydrogen-bond acceptors (Lipinski definition) is 11. The van der Waals surface area contributed by atoms with Crippen LogP contribution in [-0.2, 0) is 9.53 Å². The van der Waals surface area contributed by atoms with Gasteiger partial charge in [0.25, 0.3) is 5.91 Å². The maximum atomic E-state index is 12.7. The molecule has 11 nitrogen and oxygen atoms in total. The van der Waals surface area contributed by atoms with E-state index < -0.39 is 18.6 Å². The number of methoxy groups -OCH3 is 1. The van der Waals surface area contributed by atoms with E-state index in [0.29, 0.717) is 23.2 Å². The minimum atomic E-state index is -2.97. The molecule has 3 heterocycles. The van der Waals surface area contributed by atoms with Crippen LogP contribution in [0.5, 0.6) is 5.75 Å². The zero-order valence-corrected chi connectivity index (χ0v) is 18.2. The van der Waals surface area contributed by atoms with Crippen molar-refractivity contribution >= 4 is 33.5 Å². The van der Waals surface area contributed by atoms with Crippen LogP contribution in [0.4, 0.5) is 25.0 Å². The molecule has 1 amide bonds. The minimum Gasteiger partial charge on any atom is -0.435 e. The van der Waals surface area contributed by atoms with Crippen molar-refractivity contribution in [2.45, 2.75) is 25.2 Å². The number of carbonyl (C=O) groups is 1. The van der Waals surface area contributed by atoms with Gasteiger partial charge >= 0.3 is 6.61 Å². The number of halogens is 2. The van der Waals surface area contributed by atoms with Crippen LogP contribution in [0.25, 0.3) is 0 Å². The second-order valence-corrected chi connectivity index (χ2v) is 7.96. The summed E-state index contributed by atoms with van der Waals surface area (Å²) in [6.45, 7) is -1.52. The SMILES string of the molecule is COC(C(=O)Nc1nnc(NC2CCN(c3nccnn3)C2)s1)c1cccc(OC(F)F)c1. The number of anilines is 3. The van der Waals surface area contributed by atoms with E-state index in [1.807, 2.05) is 4.90 Å². The highest BCUT2D eigenvalue weighted by molar-refractivity contribution is 7.19. The topological polar surface area (TPSA) is 127 Å². The molecule has 0 aliphatic carbocycles. The monoisotopic (exact) mass is 478 g/mol. The molecule has 4 rings (SSSR count). The molecule has 0 spiro atoms. The van der Waals surface area contributed by atoms with Gasteiger partial charge in [-0.2, -0.15) is 13.9 Å². The minimum absolute atomic E-state index is 0.0676. The molecular weight excluding hydrogens is 458 g/mol. The first-order valence-electron chi connectivity index (χ1n) is 9.89. The number of aromatic nitrogens is 5. The van der Waals surface area contributed by atoms with Crippen LogP contribution in [0.1, 0.15) is 18.1 Å². The second-order valence-electron chi connectivity index (χ2n) is 6.99. The zero-order chi connectivity index (χ0) is 23.2. The van der Waals surface area contributed by atoms with Gasteiger partial charge in [0.05, 0.1) is 12.4 Å². The number of carbonyl (C=O) groups excluding carboxylic acids is 1. The van der Waals surface area contributed by atoms with Crippen molar-refractivity contribution in [1.82, 2.24) is 25.4 Å². The van der Waals surface area contributed by atoms with E-state index in [9.17, 15) is 13.6 Å². The van der Waals surface area contributed by atoms with Crippen LogP contribution in [-0.4, -0.2) is 64.1 Å². The molecule has 3 aromatic rings. The molecule has 0 bridgehead atoms. The summed E-state index contributed by atoms with van der Waals surface area (Å²) in [5.74, 6) is -0.0159. The molecular formula is C19H20F2N8O3S. The number of amides is 1. The molecule has 14 heteroatoms. The summed E-state index contributed by atoms with van der Waals surface area (Å²) >= 11 is 1.17. The lowest BCUT2D eigenvalue weighted by Crippen LogP contribution is -2.27. The van der Waals surface area contributed by atoms with Gasteiger partial charge in [-0.05, 0) is 24.1 Å². The number of rotatable bonds is 9. The average molecular weight is 478 g/mol. The number of nitrogens with zero attached hydrogens (tertiary/aromatic N) is 6. The van der Waals surface area contributed by atoms with Gasteiger partial charge in [-0.15, -0.1) is 15.3 Å². The van der Waals surface area contributed by atoms with Gasteiger partial charge in [0.1, 0.15) is 5.75 Å². The van der Waals surface area contributed by atoms with Crippen molar-refractivity contribution in [1.29, 1.82) is 0 Å². The van der Waals surface area contributed by atoms with Crippen LogP contribution in [0, 0.1) is 0 Å². The van der Waals surface area contributed by atoms with E-state index in [4.69, 9.17) is 4.74 Å². The highest BCUT2D eigenvalue weighted by atomic mass is 32.1. The average Bonchev–Trinajstić information content (AvgIpc) is 3.44. The second kappa shape index (κ2) is 10.4. The summed E-state index contributed by atoms with van der Waals surface area (Å²) in [5.41, 5.74) is 0.361. The van der Waals surface area contributed by atoms with Gasteiger partial charge in [0, 0.05) is 26.2 Å². The largest absolute Gasteiger partial charge is 0.435 e. The molecule has 2 N–H and O–H groups in total. The Bertz CT molecular complexity index is 1070. The Morgan fingerprint density at radius 1 is 1.24 bits per heavy atom. The van der Waals surface area contributed by atoms with E-state index in [0.717, 1.165) is 13.0 Å². The predicted molar refractivity (Wildman–Crippen MR) is 115 cm³/mol. The molecule has 33 heavy (non-hydrogen) atoms. The summed E-state index contributed by atoms with van der Waals surface area (Å²) in [5, 5.41) is 22.7. The Balaban J connectivity index is 1.34. The molecule has 2 unspecified atom stereocenters. The van der Waals surface area contributed by atoms with Crippen molar-refractivity contribution in [2.24, 2.45) is 0 Å². The van der Waals surface area contributed by atoms with Gasteiger partial charge in [-0.1, -0.05) is 23.5 Å². The first kappa shape index (κ1) is 22.7. The van der Waals surface area contributed by atoms with Crippen LogP contribution >= 0.6 is 11.3 Å². The first-order chi connectivity index (χ1) is 16.0. The standard InChI is InChI=1S/C19H20F2N8O3S/c1-31-14(11-3-2-4-13(9-11)32-16(20)21)15(30)25-19-28-27-18(33-19)24-12-5-8-29(10-12)17-22-6-7-23-26-17/h2-4,6-7,9,12,14,16H,5,8,10H2,1H3,(H,24,27)(H,25,28,30). The quantitative estimate of drug-likeness (QED) is 0.473. The third-order valence-electron chi connectivity index (χ3n) is 4.78. The van der Waals surface area contributed by atoms with Crippen LogP contribution in [0.3, 0.4) is 0 Å². The highest BCUT2D eigenvalue weighted by Gasteiger charge is 2.26. The fourth-order valence-corrected chi connectivity index (χ4v) is 4.09. The lowest BCUT2D eigenvalue weighted by Gasteiger charge is -2.15. The van der Waals surface area contributed by atoms with E-state index in [-0.39, 0.29) is 16.9 Å². The molecule has 174 valence electrons. The molecule has 0 saturated carbocycles. The molecule has 1 fully saturated rings. The van der Waals surface area contributed by atoms with Crippen LogP contribution in [0.15, 0.2) is 36.7 Å². The Morgan fingerprint density at radius 3 is 2.85 bits per heavy atom. The van der Waals surface area contributed by atoms with E-state index >= 15 is 0 Å². The first-order valence-corrected chi connectivity index (χ1v) is 10.7. The maximum absolute atomic E-state index is 12.7. The summed E-state index contributed by atoms with van der Waals surface area (Å²) in [7, 11) is 1.34. The molecule has 1 aliphatic rings. The molecule has 1 aromatic carbocycles. The van der Waals surface area contributed by atoms with Gasteiger partial charge in [0.2, 0.25) is 16.2 Å². The number of nitrogens with one attached hydrogen (secondary N) is 2. The van der Waals surface area contributed by atoms with Gasteiger partial charge in [-0.3, -0.25) is 10.1 Å². The van der Waals surface area contributed by atoms with Crippen molar-refractivity contribution in [3.63, 3.8) is 0 Å². The zero-order valence-electron chi connectivity index (χ0n) is 17.4. The van der Waals surface area contributed by atoms with E-state index in [1.165, 1.54) is 42.8 Å². The Morgan fingerprint density at radius 2 is 2.09 bits per heavy atom. The smallest absolute Gasteiger partial charge is 0.387 e. The lowest BCUT2D eigenvalue weighted by atomic mass is 10.1.